The second-order valence-electron chi connectivity index (χ2n) is 6.23. The summed E-state index contributed by atoms with van der Waals surface area (Å²) in [6.07, 6.45) is 0. The van der Waals surface area contributed by atoms with Crippen LogP contribution in [-0.2, 0) is 11.3 Å². The van der Waals surface area contributed by atoms with E-state index in [-0.39, 0.29) is 11.9 Å². The van der Waals surface area contributed by atoms with Crippen LogP contribution >= 0.6 is 11.6 Å². The first-order valence-corrected chi connectivity index (χ1v) is 8.59. The fourth-order valence-corrected chi connectivity index (χ4v) is 3.37. The number of hydrogen-bond acceptors (Lipinski definition) is 3. The van der Waals surface area contributed by atoms with Crippen molar-refractivity contribution in [2.45, 2.75) is 19.6 Å². The number of aromatic nitrogens is 2. The van der Waals surface area contributed by atoms with Gasteiger partial charge in [0.05, 0.1) is 23.7 Å². The van der Waals surface area contributed by atoms with Crippen LogP contribution in [0.5, 0.6) is 0 Å². The zero-order valence-corrected chi connectivity index (χ0v) is 14.6. The highest BCUT2D eigenvalue weighted by atomic mass is 35.5. The van der Waals surface area contributed by atoms with E-state index in [0.29, 0.717) is 30.3 Å². The SMILES string of the molecule is Cc1cccc2c1nc1n2[C@@H](CNC(=O)c2ccc(Cl)cc2)COC1. The van der Waals surface area contributed by atoms with Gasteiger partial charge in [0, 0.05) is 17.1 Å². The maximum atomic E-state index is 12.3. The Morgan fingerprint density at radius 2 is 2.12 bits per heavy atom. The van der Waals surface area contributed by atoms with Crippen LogP contribution in [0.2, 0.25) is 5.02 Å². The standard InChI is InChI=1S/C19H18ClN3O2/c1-12-3-2-4-16-18(12)22-17-11-25-10-15(23(16)17)9-21-19(24)13-5-7-14(20)8-6-13/h2-8,15H,9-11H2,1H3,(H,21,24)/t15-/m0/s1. The van der Waals surface area contributed by atoms with Crippen LogP contribution in [0.15, 0.2) is 42.5 Å². The van der Waals surface area contributed by atoms with Crippen molar-refractivity contribution in [1.29, 1.82) is 0 Å². The summed E-state index contributed by atoms with van der Waals surface area (Å²) in [5, 5.41) is 3.60. The molecule has 0 unspecified atom stereocenters. The molecule has 0 radical (unpaired) electrons. The molecule has 4 rings (SSSR count). The lowest BCUT2D eigenvalue weighted by Crippen LogP contribution is -2.35. The number of rotatable bonds is 3. The van der Waals surface area contributed by atoms with Gasteiger partial charge in [0.1, 0.15) is 12.4 Å². The minimum Gasteiger partial charge on any atom is -0.371 e. The molecule has 1 amide bonds. The number of amides is 1. The summed E-state index contributed by atoms with van der Waals surface area (Å²) in [5.41, 5.74) is 3.82. The topological polar surface area (TPSA) is 56.2 Å². The van der Waals surface area contributed by atoms with Crippen LogP contribution in [-0.4, -0.2) is 28.6 Å². The number of para-hydroxylation sites is 1. The van der Waals surface area contributed by atoms with Crippen LogP contribution < -0.4 is 5.32 Å². The van der Waals surface area contributed by atoms with Gasteiger partial charge in [-0.3, -0.25) is 4.79 Å². The number of aryl methyl sites for hydroxylation is 1. The van der Waals surface area contributed by atoms with Gasteiger partial charge in [0.15, 0.2) is 0 Å². The molecule has 1 aromatic heterocycles. The van der Waals surface area contributed by atoms with E-state index in [9.17, 15) is 4.79 Å². The molecule has 5 nitrogen and oxygen atoms in total. The summed E-state index contributed by atoms with van der Waals surface area (Å²) >= 11 is 5.87. The van der Waals surface area contributed by atoms with Crippen molar-refractivity contribution in [1.82, 2.24) is 14.9 Å². The molecule has 25 heavy (non-hydrogen) atoms. The van der Waals surface area contributed by atoms with Crippen molar-refractivity contribution in [3.63, 3.8) is 0 Å². The summed E-state index contributed by atoms with van der Waals surface area (Å²) in [7, 11) is 0. The Kier molecular flexibility index (Phi) is 4.19. The van der Waals surface area contributed by atoms with Gasteiger partial charge in [0.25, 0.3) is 5.91 Å². The molecule has 0 saturated carbocycles. The van der Waals surface area contributed by atoms with E-state index in [4.69, 9.17) is 21.3 Å². The van der Waals surface area contributed by atoms with Crippen LogP contribution in [0, 0.1) is 6.92 Å². The van der Waals surface area contributed by atoms with Crippen molar-refractivity contribution < 1.29 is 9.53 Å². The molecule has 0 spiro atoms. The molecule has 3 aromatic rings. The van der Waals surface area contributed by atoms with Gasteiger partial charge in [-0.15, -0.1) is 0 Å². The average molecular weight is 356 g/mol. The number of halogens is 1. The molecular formula is C19H18ClN3O2. The number of benzene rings is 2. The average Bonchev–Trinajstić information content (AvgIpc) is 3.01. The lowest BCUT2D eigenvalue weighted by Gasteiger charge is -2.26. The molecule has 1 aliphatic rings. The number of ether oxygens (including phenoxy) is 1. The maximum Gasteiger partial charge on any atom is 0.251 e. The van der Waals surface area contributed by atoms with Crippen molar-refractivity contribution >= 4 is 28.5 Å². The Morgan fingerprint density at radius 3 is 2.92 bits per heavy atom. The number of hydrogen-bond donors (Lipinski definition) is 1. The molecule has 1 N–H and O–H groups in total. The number of carbonyl (C=O) groups excluding carboxylic acids is 1. The monoisotopic (exact) mass is 355 g/mol. The third-order valence-corrected chi connectivity index (χ3v) is 4.76. The number of fused-ring (bicyclic) bond motifs is 3. The molecule has 0 fully saturated rings. The van der Waals surface area contributed by atoms with Gasteiger partial charge < -0.3 is 14.6 Å². The summed E-state index contributed by atoms with van der Waals surface area (Å²) in [6, 6.07) is 13.0. The first-order valence-electron chi connectivity index (χ1n) is 8.21. The van der Waals surface area contributed by atoms with E-state index < -0.39 is 0 Å². The van der Waals surface area contributed by atoms with E-state index >= 15 is 0 Å². The highest BCUT2D eigenvalue weighted by Gasteiger charge is 2.25. The molecule has 2 aromatic carbocycles. The molecule has 6 heteroatoms. The Labute approximate surface area is 150 Å². The fourth-order valence-electron chi connectivity index (χ4n) is 3.24. The third-order valence-electron chi connectivity index (χ3n) is 4.51. The van der Waals surface area contributed by atoms with Crippen molar-refractivity contribution in [3.05, 3.63) is 64.4 Å². The predicted octanol–water partition coefficient (Wildman–Crippen LogP) is 3.50. The largest absolute Gasteiger partial charge is 0.371 e. The molecule has 1 aliphatic heterocycles. The second-order valence-corrected chi connectivity index (χ2v) is 6.66. The smallest absolute Gasteiger partial charge is 0.251 e. The predicted molar refractivity (Wildman–Crippen MR) is 96.9 cm³/mol. The van der Waals surface area contributed by atoms with E-state index in [2.05, 4.69) is 28.9 Å². The Bertz CT molecular complexity index is 934. The maximum absolute atomic E-state index is 12.3. The minimum absolute atomic E-state index is 0.0202. The summed E-state index contributed by atoms with van der Waals surface area (Å²) in [6.45, 7) is 3.58. The van der Waals surface area contributed by atoms with Gasteiger partial charge in [-0.2, -0.15) is 0 Å². The zero-order chi connectivity index (χ0) is 17.4. The van der Waals surface area contributed by atoms with E-state index in [1.54, 1.807) is 24.3 Å². The third kappa shape index (κ3) is 3.01. The van der Waals surface area contributed by atoms with Gasteiger partial charge in [0.2, 0.25) is 0 Å². The number of imidazole rings is 1. The molecule has 0 saturated heterocycles. The van der Waals surface area contributed by atoms with E-state index in [0.717, 1.165) is 22.4 Å². The molecule has 1 atom stereocenters. The molecule has 0 aliphatic carbocycles. The van der Waals surface area contributed by atoms with Crippen molar-refractivity contribution in [3.8, 4) is 0 Å². The first kappa shape index (κ1) is 16.1. The molecule has 0 bridgehead atoms. The highest BCUT2D eigenvalue weighted by Crippen LogP contribution is 2.27. The van der Waals surface area contributed by atoms with Crippen LogP contribution in [0.25, 0.3) is 11.0 Å². The van der Waals surface area contributed by atoms with Gasteiger partial charge in [-0.25, -0.2) is 4.98 Å². The Morgan fingerprint density at radius 1 is 1.32 bits per heavy atom. The number of nitrogens with one attached hydrogen (secondary N) is 1. The van der Waals surface area contributed by atoms with Crippen LogP contribution in [0.3, 0.4) is 0 Å². The lowest BCUT2D eigenvalue weighted by molar-refractivity contribution is 0.0553. The van der Waals surface area contributed by atoms with Crippen LogP contribution in [0.4, 0.5) is 0 Å². The quantitative estimate of drug-likeness (QED) is 0.782. The normalized spacial score (nSPS) is 16.6. The van der Waals surface area contributed by atoms with E-state index in [1.807, 2.05) is 6.07 Å². The van der Waals surface area contributed by atoms with E-state index in [1.165, 1.54) is 0 Å². The van der Waals surface area contributed by atoms with Gasteiger partial charge in [-0.05, 0) is 42.8 Å². The molecular weight excluding hydrogens is 338 g/mol. The Balaban J connectivity index is 1.57. The number of carbonyl (C=O) groups is 1. The highest BCUT2D eigenvalue weighted by molar-refractivity contribution is 6.30. The van der Waals surface area contributed by atoms with Gasteiger partial charge >= 0.3 is 0 Å². The van der Waals surface area contributed by atoms with Crippen molar-refractivity contribution in [2.24, 2.45) is 0 Å². The molecule has 2 heterocycles. The fraction of sp³-hybridized carbons (Fsp3) is 0.263. The molecule has 128 valence electrons. The van der Waals surface area contributed by atoms with Crippen LogP contribution in [0.1, 0.15) is 27.8 Å². The minimum atomic E-state index is -0.121. The summed E-state index contributed by atoms with van der Waals surface area (Å²) in [5.74, 6) is 0.783. The van der Waals surface area contributed by atoms with Crippen molar-refractivity contribution in [2.75, 3.05) is 13.2 Å². The lowest BCUT2D eigenvalue weighted by atomic mass is 10.2. The summed E-state index contributed by atoms with van der Waals surface area (Å²) in [4.78, 5) is 17.1. The Hall–Kier alpha value is -2.37. The zero-order valence-electron chi connectivity index (χ0n) is 13.8. The first-order chi connectivity index (χ1) is 12.1. The number of nitrogens with zero attached hydrogens (tertiary/aromatic N) is 2. The van der Waals surface area contributed by atoms with Gasteiger partial charge in [-0.1, -0.05) is 23.7 Å². The second kappa shape index (κ2) is 6.50. The summed E-state index contributed by atoms with van der Waals surface area (Å²) < 4.78 is 7.87.